The number of anilines is 3. The molecule has 0 aliphatic heterocycles. The number of rotatable bonds is 15. The van der Waals surface area contributed by atoms with Crippen molar-refractivity contribution in [3.8, 4) is 0 Å². The van der Waals surface area contributed by atoms with Gasteiger partial charge in [-0.15, -0.1) is 0 Å². The van der Waals surface area contributed by atoms with Gasteiger partial charge in [-0.1, -0.05) is 30.3 Å². The van der Waals surface area contributed by atoms with Crippen LogP contribution in [-0.4, -0.2) is 13.2 Å². The van der Waals surface area contributed by atoms with E-state index in [1.54, 1.807) is 12.5 Å². The Hall–Kier alpha value is -4.06. The zero-order valence-electron chi connectivity index (χ0n) is 24.1. The molecule has 0 fully saturated rings. The SMILES string of the molecule is Cc1ccc(N(c2ccc(CCCOCc3ccco3)cc2)c2ccc(CCCOCc3ccco3)cc2)cc1C. The Balaban J connectivity index is 1.20. The van der Waals surface area contributed by atoms with Gasteiger partial charge in [0.1, 0.15) is 24.7 Å². The van der Waals surface area contributed by atoms with Crippen molar-refractivity contribution in [2.45, 2.75) is 52.7 Å². The van der Waals surface area contributed by atoms with Gasteiger partial charge in [0.2, 0.25) is 0 Å². The average Bonchev–Trinajstić information content (AvgIpc) is 3.71. The molecular formula is C36H39NO4. The van der Waals surface area contributed by atoms with Crippen molar-refractivity contribution in [3.05, 3.63) is 137 Å². The number of ether oxygens (including phenoxy) is 2. The molecule has 0 aliphatic rings. The summed E-state index contributed by atoms with van der Waals surface area (Å²) in [6, 6.07) is 32.1. The molecule has 0 saturated carbocycles. The van der Waals surface area contributed by atoms with Crippen LogP contribution in [0.5, 0.6) is 0 Å². The highest BCUT2D eigenvalue weighted by Crippen LogP contribution is 2.35. The van der Waals surface area contributed by atoms with E-state index in [2.05, 4.69) is 85.5 Å². The molecule has 0 spiro atoms. The van der Waals surface area contributed by atoms with Crippen LogP contribution >= 0.6 is 0 Å². The Labute approximate surface area is 243 Å². The number of hydrogen-bond acceptors (Lipinski definition) is 5. The third-order valence-corrected chi connectivity index (χ3v) is 7.29. The van der Waals surface area contributed by atoms with E-state index in [9.17, 15) is 0 Å². The minimum Gasteiger partial charge on any atom is -0.467 e. The van der Waals surface area contributed by atoms with E-state index in [1.807, 2.05) is 24.3 Å². The second-order valence-electron chi connectivity index (χ2n) is 10.4. The fourth-order valence-electron chi connectivity index (χ4n) is 4.83. The van der Waals surface area contributed by atoms with Gasteiger partial charge in [-0.05, 0) is 122 Å². The first-order valence-corrected chi connectivity index (χ1v) is 14.4. The number of benzene rings is 3. The van der Waals surface area contributed by atoms with Gasteiger partial charge in [0.05, 0.1) is 12.5 Å². The van der Waals surface area contributed by atoms with E-state index >= 15 is 0 Å². The van der Waals surface area contributed by atoms with Gasteiger partial charge in [-0.2, -0.15) is 0 Å². The summed E-state index contributed by atoms with van der Waals surface area (Å²) in [5, 5.41) is 0. The number of furan rings is 2. The molecule has 0 aliphatic carbocycles. The molecule has 5 nitrogen and oxygen atoms in total. The van der Waals surface area contributed by atoms with E-state index in [0.29, 0.717) is 26.4 Å². The molecule has 5 heteroatoms. The molecule has 2 aromatic heterocycles. The molecule has 212 valence electrons. The van der Waals surface area contributed by atoms with Crippen molar-refractivity contribution in [2.75, 3.05) is 18.1 Å². The van der Waals surface area contributed by atoms with Crippen molar-refractivity contribution in [3.63, 3.8) is 0 Å². The minimum atomic E-state index is 0.523. The predicted octanol–water partition coefficient (Wildman–Crippen LogP) is 9.26. The van der Waals surface area contributed by atoms with E-state index < -0.39 is 0 Å². The van der Waals surface area contributed by atoms with Crippen LogP contribution in [0.2, 0.25) is 0 Å². The van der Waals surface area contributed by atoms with Gasteiger partial charge in [0, 0.05) is 30.3 Å². The van der Waals surface area contributed by atoms with Crippen molar-refractivity contribution < 1.29 is 18.3 Å². The molecule has 0 unspecified atom stereocenters. The van der Waals surface area contributed by atoms with Gasteiger partial charge in [0.25, 0.3) is 0 Å². The number of hydrogen-bond donors (Lipinski definition) is 0. The summed E-state index contributed by atoms with van der Waals surface area (Å²) in [6.07, 6.45) is 7.24. The van der Waals surface area contributed by atoms with Crippen molar-refractivity contribution in [1.29, 1.82) is 0 Å². The highest BCUT2D eigenvalue weighted by molar-refractivity contribution is 5.77. The second-order valence-corrected chi connectivity index (χ2v) is 10.4. The summed E-state index contributed by atoms with van der Waals surface area (Å²) in [6.45, 7) is 6.79. The van der Waals surface area contributed by atoms with Crippen LogP contribution < -0.4 is 4.90 Å². The summed E-state index contributed by atoms with van der Waals surface area (Å²) >= 11 is 0. The molecule has 0 amide bonds. The maximum absolute atomic E-state index is 5.75. The number of aryl methyl sites for hydroxylation is 4. The zero-order valence-corrected chi connectivity index (χ0v) is 24.1. The normalized spacial score (nSPS) is 11.2. The monoisotopic (exact) mass is 549 g/mol. The molecule has 5 aromatic rings. The Kier molecular flexibility index (Phi) is 10.1. The van der Waals surface area contributed by atoms with Gasteiger partial charge in [0.15, 0.2) is 0 Å². The largest absolute Gasteiger partial charge is 0.467 e. The third-order valence-electron chi connectivity index (χ3n) is 7.29. The summed E-state index contributed by atoms with van der Waals surface area (Å²) in [5.41, 5.74) is 8.63. The summed E-state index contributed by atoms with van der Waals surface area (Å²) in [5.74, 6) is 1.73. The first-order valence-electron chi connectivity index (χ1n) is 14.4. The smallest absolute Gasteiger partial charge is 0.129 e. The fraction of sp³-hybridized carbons (Fsp3) is 0.278. The Morgan fingerprint density at radius 3 is 1.49 bits per heavy atom. The van der Waals surface area contributed by atoms with Crippen molar-refractivity contribution in [1.82, 2.24) is 0 Å². The first-order chi connectivity index (χ1) is 20.2. The highest BCUT2D eigenvalue weighted by atomic mass is 16.5. The Bertz CT molecular complexity index is 1350. The quantitative estimate of drug-likeness (QED) is 0.122. The summed E-state index contributed by atoms with van der Waals surface area (Å²) in [7, 11) is 0. The highest BCUT2D eigenvalue weighted by Gasteiger charge is 2.13. The van der Waals surface area contributed by atoms with Crippen LogP contribution in [-0.2, 0) is 35.5 Å². The van der Waals surface area contributed by atoms with Crippen molar-refractivity contribution in [2.24, 2.45) is 0 Å². The maximum Gasteiger partial charge on any atom is 0.129 e. The maximum atomic E-state index is 5.75. The number of nitrogens with zero attached hydrogens (tertiary/aromatic N) is 1. The summed E-state index contributed by atoms with van der Waals surface area (Å²) in [4.78, 5) is 2.33. The van der Waals surface area contributed by atoms with E-state index in [1.165, 1.54) is 22.3 Å². The standard InChI is InChI=1S/C36H39NO4/c1-28-11-16-34(25-29(28)2)37(32-17-12-30(13-18-32)7-3-21-38-26-35-9-5-23-40-35)33-19-14-31(15-20-33)8-4-22-39-27-36-10-6-24-41-36/h5-6,9-20,23-25H,3-4,7-8,21-22,26-27H2,1-2H3. The molecule has 0 saturated heterocycles. The van der Waals surface area contributed by atoms with Crippen LogP contribution in [0.25, 0.3) is 0 Å². The van der Waals surface area contributed by atoms with E-state index in [4.69, 9.17) is 18.3 Å². The predicted molar refractivity (Wildman–Crippen MR) is 164 cm³/mol. The molecule has 3 aromatic carbocycles. The lowest BCUT2D eigenvalue weighted by molar-refractivity contribution is 0.104. The second kappa shape index (κ2) is 14.5. The topological polar surface area (TPSA) is 48.0 Å². The van der Waals surface area contributed by atoms with Crippen LogP contribution in [0.15, 0.2) is 112 Å². The van der Waals surface area contributed by atoms with Crippen LogP contribution in [0, 0.1) is 13.8 Å². The first kappa shape index (κ1) is 28.5. The van der Waals surface area contributed by atoms with Gasteiger partial charge in [-0.3, -0.25) is 0 Å². The summed E-state index contributed by atoms with van der Waals surface area (Å²) < 4.78 is 22.1. The Morgan fingerprint density at radius 1 is 0.561 bits per heavy atom. The molecule has 41 heavy (non-hydrogen) atoms. The molecule has 0 atom stereocenters. The molecule has 0 bridgehead atoms. The molecule has 0 radical (unpaired) electrons. The van der Waals surface area contributed by atoms with Crippen LogP contribution in [0.1, 0.15) is 46.6 Å². The average molecular weight is 550 g/mol. The molecule has 5 rings (SSSR count). The zero-order chi connectivity index (χ0) is 28.3. The molecule has 2 heterocycles. The van der Waals surface area contributed by atoms with Gasteiger partial charge >= 0.3 is 0 Å². The van der Waals surface area contributed by atoms with Gasteiger partial charge in [-0.25, -0.2) is 0 Å². The fourth-order valence-corrected chi connectivity index (χ4v) is 4.83. The van der Waals surface area contributed by atoms with Crippen molar-refractivity contribution >= 4 is 17.1 Å². The molecule has 0 N–H and O–H groups in total. The lowest BCUT2D eigenvalue weighted by atomic mass is 10.1. The van der Waals surface area contributed by atoms with E-state index in [0.717, 1.165) is 54.3 Å². The third kappa shape index (κ3) is 8.23. The lowest BCUT2D eigenvalue weighted by Crippen LogP contribution is -2.10. The minimum absolute atomic E-state index is 0.523. The Morgan fingerprint density at radius 2 is 1.05 bits per heavy atom. The van der Waals surface area contributed by atoms with Crippen LogP contribution in [0.3, 0.4) is 0 Å². The lowest BCUT2D eigenvalue weighted by Gasteiger charge is -2.26. The van der Waals surface area contributed by atoms with Gasteiger partial charge < -0.3 is 23.2 Å². The molecular weight excluding hydrogens is 510 g/mol. The van der Waals surface area contributed by atoms with E-state index in [-0.39, 0.29) is 0 Å². The van der Waals surface area contributed by atoms with Crippen LogP contribution in [0.4, 0.5) is 17.1 Å².